The number of rotatable bonds is 5. The van der Waals surface area contributed by atoms with Crippen molar-refractivity contribution < 1.29 is 28.7 Å². The SMILES string of the molecule is CCOC(=O)NC(=O)CC(=O)C(C)OC(N)=O. The molecular weight excluding hydrogens is 232 g/mol. The van der Waals surface area contributed by atoms with Crippen molar-refractivity contribution in [2.75, 3.05) is 6.61 Å². The third-order valence-electron chi connectivity index (χ3n) is 1.60. The van der Waals surface area contributed by atoms with Gasteiger partial charge in [-0.05, 0) is 13.8 Å². The van der Waals surface area contributed by atoms with E-state index in [2.05, 4.69) is 9.47 Å². The van der Waals surface area contributed by atoms with Crippen LogP contribution in [0, 0.1) is 0 Å². The second kappa shape index (κ2) is 7.20. The van der Waals surface area contributed by atoms with Gasteiger partial charge in [0.05, 0.1) is 13.0 Å². The molecule has 0 bridgehead atoms. The van der Waals surface area contributed by atoms with Crippen LogP contribution in [0.15, 0.2) is 0 Å². The zero-order valence-electron chi connectivity index (χ0n) is 9.52. The number of hydrogen-bond donors (Lipinski definition) is 2. The standard InChI is InChI=1S/C9H14N2O6/c1-3-16-9(15)11-7(13)4-6(12)5(2)17-8(10)14/h5H,3-4H2,1-2H3,(H2,10,14)(H,11,13,15). The van der Waals surface area contributed by atoms with Gasteiger partial charge in [0.15, 0.2) is 11.9 Å². The van der Waals surface area contributed by atoms with Crippen molar-refractivity contribution in [1.29, 1.82) is 0 Å². The molecule has 0 heterocycles. The molecule has 0 saturated heterocycles. The molecule has 0 aromatic carbocycles. The highest BCUT2D eigenvalue weighted by molar-refractivity contribution is 6.04. The van der Waals surface area contributed by atoms with Crippen LogP contribution in [0.3, 0.4) is 0 Å². The summed E-state index contributed by atoms with van der Waals surface area (Å²) in [6, 6.07) is 0. The summed E-state index contributed by atoms with van der Waals surface area (Å²) in [5, 5.41) is 1.83. The summed E-state index contributed by atoms with van der Waals surface area (Å²) in [7, 11) is 0. The first-order chi connectivity index (χ1) is 7.86. The first-order valence-corrected chi connectivity index (χ1v) is 4.82. The molecule has 3 N–H and O–H groups in total. The molecule has 0 fully saturated rings. The van der Waals surface area contributed by atoms with E-state index >= 15 is 0 Å². The van der Waals surface area contributed by atoms with E-state index in [0.29, 0.717) is 0 Å². The molecule has 96 valence electrons. The number of primary amides is 1. The van der Waals surface area contributed by atoms with Gasteiger partial charge in [-0.25, -0.2) is 9.59 Å². The predicted octanol–water partition coefficient (Wildman–Crippen LogP) is -0.298. The number of ketones is 1. The van der Waals surface area contributed by atoms with E-state index in [4.69, 9.17) is 5.73 Å². The summed E-state index contributed by atoms with van der Waals surface area (Å²) in [4.78, 5) is 43.6. The van der Waals surface area contributed by atoms with Crippen LogP contribution in [0.2, 0.25) is 0 Å². The zero-order valence-corrected chi connectivity index (χ0v) is 9.52. The third-order valence-corrected chi connectivity index (χ3v) is 1.60. The lowest BCUT2D eigenvalue weighted by Gasteiger charge is -2.09. The minimum Gasteiger partial charge on any atom is -0.450 e. The van der Waals surface area contributed by atoms with Crippen LogP contribution >= 0.6 is 0 Å². The Labute approximate surface area is 97.4 Å². The van der Waals surface area contributed by atoms with Crippen molar-refractivity contribution in [3.05, 3.63) is 0 Å². The van der Waals surface area contributed by atoms with E-state index < -0.39 is 36.4 Å². The number of imide groups is 1. The highest BCUT2D eigenvalue weighted by Gasteiger charge is 2.20. The molecule has 0 aliphatic rings. The van der Waals surface area contributed by atoms with E-state index in [9.17, 15) is 19.2 Å². The minimum atomic E-state index is -1.14. The Bertz CT molecular complexity index is 327. The number of amides is 3. The van der Waals surface area contributed by atoms with E-state index in [1.807, 2.05) is 5.32 Å². The Morgan fingerprint density at radius 3 is 2.35 bits per heavy atom. The minimum absolute atomic E-state index is 0.105. The van der Waals surface area contributed by atoms with Crippen molar-refractivity contribution in [3.8, 4) is 0 Å². The summed E-state index contributed by atoms with van der Waals surface area (Å²) in [5.41, 5.74) is 4.69. The molecule has 0 aromatic rings. The van der Waals surface area contributed by atoms with Crippen LogP contribution in [0.1, 0.15) is 20.3 Å². The van der Waals surface area contributed by atoms with Crippen LogP contribution < -0.4 is 11.1 Å². The Morgan fingerprint density at radius 2 is 1.88 bits per heavy atom. The molecule has 0 aliphatic carbocycles. The number of carbonyl (C=O) groups excluding carboxylic acids is 4. The molecule has 0 spiro atoms. The molecular formula is C9H14N2O6. The third kappa shape index (κ3) is 6.88. The number of nitrogens with two attached hydrogens (primary N) is 1. The Kier molecular flexibility index (Phi) is 6.30. The van der Waals surface area contributed by atoms with Crippen molar-refractivity contribution in [2.24, 2.45) is 5.73 Å². The monoisotopic (exact) mass is 246 g/mol. The number of Topliss-reactive ketones (excluding diaryl/α,β-unsaturated/α-hetero) is 1. The second-order valence-electron chi connectivity index (χ2n) is 2.99. The molecule has 0 aliphatic heterocycles. The van der Waals surface area contributed by atoms with Crippen LogP contribution in [0.25, 0.3) is 0 Å². The summed E-state index contributed by atoms with van der Waals surface area (Å²) in [5.74, 6) is -1.51. The predicted molar refractivity (Wildman–Crippen MR) is 54.9 cm³/mol. The molecule has 0 aromatic heterocycles. The molecule has 17 heavy (non-hydrogen) atoms. The van der Waals surface area contributed by atoms with Gasteiger partial charge < -0.3 is 15.2 Å². The fourth-order valence-electron chi connectivity index (χ4n) is 0.867. The first-order valence-electron chi connectivity index (χ1n) is 4.82. The van der Waals surface area contributed by atoms with Crippen LogP contribution in [-0.4, -0.2) is 36.6 Å². The van der Waals surface area contributed by atoms with Gasteiger partial charge in [-0.3, -0.25) is 14.9 Å². The molecule has 8 nitrogen and oxygen atoms in total. The van der Waals surface area contributed by atoms with Crippen molar-refractivity contribution >= 4 is 23.9 Å². The lowest BCUT2D eigenvalue weighted by molar-refractivity contribution is -0.132. The molecule has 3 amide bonds. The van der Waals surface area contributed by atoms with E-state index in [1.165, 1.54) is 6.92 Å². The lowest BCUT2D eigenvalue weighted by atomic mass is 10.2. The Balaban J connectivity index is 4.07. The fourth-order valence-corrected chi connectivity index (χ4v) is 0.867. The Hall–Kier alpha value is -2.12. The number of ether oxygens (including phenoxy) is 2. The summed E-state index contributed by atoms with van der Waals surface area (Å²) in [6.07, 6.45) is -3.79. The van der Waals surface area contributed by atoms with Crippen LogP contribution in [0.4, 0.5) is 9.59 Å². The molecule has 1 unspecified atom stereocenters. The average molecular weight is 246 g/mol. The highest BCUT2D eigenvalue weighted by atomic mass is 16.6. The topological polar surface area (TPSA) is 125 Å². The van der Waals surface area contributed by atoms with E-state index in [0.717, 1.165) is 0 Å². The number of alkyl carbamates (subject to hydrolysis) is 1. The van der Waals surface area contributed by atoms with Gasteiger partial charge in [-0.1, -0.05) is 0 Å². The number of hydrogen-bond acceptors (Lipinski definition) is 6. The largest absolute Gasteiger partial charge is 0.450 e. The zero-order chi connectivity index (χ0) is 13.4. The molecule has 1 atom stereocenters. The molecule has 0 radical (unpaired) electrons. The van der Waals surface area contributed by atoms with Crippen molar-refractivity contribution in [1.82, 2.24) is 5.32 Å². The maximum atomic E-state index is 11.3. The smallest absolute Gasteiger partial charge is 0.413 e. The van der Waals surface area contributed by atoms with Gasteiger partial charge in [0.1, 0.15) is 0 Å². The normalized spacial score (nSPS) is 11.2. The molecule has 0 rings (SSSR count). The number of carbonyl (C=O) groups is 4. The Morgan fingerprint density at radius 1 is 1.29 bits per heavy atom. The van der Waals surface area contributed by atoms with Crippen LogP contribution in [-0.2, 0) is 19.1 Å². The van der Waals surface area contributed by atoms with Gasteiger partial charge in [-0.2, -0.15) is 0 Å². The first kappa shape index (κ1) is 14.9. The quantitative estimate of drug-likeness (QED) is 0.641. The van der Waals surface area contributed by atoms with Crippen molar-refractivity contribution in [3.63, 3.8) is 0 Å². The maximum Gasteiger partial charge on any atom is 0.413 e. The number of nitrogens with one attached hydrogen (secondary N) is 1. The van der Waals surface area contributed by atoms with E-state index in [-0.39, 0.29) is 6.61 Å². The van der Waals surface area contributed by atoms with E-state index in [1.54, 1.807) is 6.92 Å². The second-order valence-corrected chi connectivity index (χ2v) is 2.99. The summed E-state index contributed by atoms with van der Waals surface area (Å²) in [6.45, 7) is 2.94. The van der Waals surface area contributed by atoms with Gasteiger partial charge in [-0.15, -0.1) is 0 Å². The average Bonchev–Trinajstić information content (AvgIpc) is 2.16. The van der Waals surface area contributed by atoms with Gasteiger partial charge in [0, 0.05) is 0 Å². The molecule has 0 saturated carbocycles. The maximum absolute atomic E-state index is 11.3. The van der Waals surface area contributed by atoms with Gasteiger partial charge in [0.2, 0.25) is 5.91 Å². The lowest BCUT2D eigenvalue weighted by Crippen LogP contribution is -2.35. The van der Waals surface area contributed by atoms with Gasteiger partial charge in [0.25, 0.3) is 0 Å². The van der Waals surface area contributed by atoms with Crippen molar-refractivity contribution in [2.45, 2.75) is 26.4 Å². The van der Waals surface area contributed by atoms with Gasteiger partial charge >= 0.3 is 12.2 Å². The molecule has 8 heteroatoms. The summed E-state index contributed by atoms with van der Waals surface area (Å²) >= 11 is 0. The highest BCUT2D eigenvalue weighted by Crippen LogP contribution is 1.97. The fraction of sp³-hybridized carbons (Fsp3) is 0.556. The van der Waals surface area contributed by atoms with Crippen LogP contribution in [0.5, 0.6) is 0 Å². The summed E-state index contributed by atoms with van der Waals surface area (Å²) < 4.78 is 8.79.